The number of hydrogen-bond donors (Lipinski definition) is 0. The number of rotatable bonds is 5. The van der Waals surface area contributed by atoms with Crippen molar-refractivity contribution in [2.75, 3.05) is 38.2 Å². The van der Waals surface area contributed by atoms with Crippen molar-refractivity contribution < 1.29 is 9.53 Å². The van der Waals surface area contributed by atoms with Gasteiger partial charge >= 0.3 is 0 Å². The highest BCUT2D eigenvalue weighted by Crippen LogP contribution is 2.27. The Hall–Kier alpha value is -3.94. The van der Waals surface area contributed by atoms with Gasteiger partial charge in [0.05, 0.1) is 24.4 Å². The molecule has 5 rings (SSSR count). The molecule has 0 unspecified atom stereocenters. The molecule has 2 aromatic heterocycles. The van der Waals surface area contributed by atoms with Crippen LogP contribution in [0.2, 0.25) is 0 Å². The summed E-state index contributed by atoms with van der Waals surface area (Å²) in [6.07, 6.45) is 2.55. The number of benzene rings is 2. The zero-order valence-corrected chi connectivity index (χ0v) is 18.8. The maximum Gasteiger partial charge on any atom is 0.253 e. The molecule has 1 amide bonds. The third kappa shape index (κ3) is 4.00. The second-order valence-electron chi connectivity index (χ2n) is 7.95. The van der Waals surface area contributed by atoms with Crippen LogP contribution in [0.15, 0.2) is 60.8 Å². The van der Waals surface area contributed by atoms with Gasteiger partial charge in [-0.2, -0.15) is 5.10 Å². The average molecular weight is 443 g/mol. The third-order valence-corrected chi connectivity index (χ3v) is 5.98. The number of anilines is 1. The van der Waals surface area contributed by atoms with Crippen molar-refractivity contribution in [2.24, 2.45) is 0 Å². The van der Waals surface area contributed by atoms with E-state index in [1.165, 1.54) is 0 Å². The number of fused-ring (bicyclic) bond motifs is 1. The largest absolute Gasteiger partial charge is 0.497 e. The molecule has 3 heterocycles. The van der Waals surface area contributed by atoms with Crippen LogP contribution in [0.25, 0.3) is 16.7 Å². The summed E-state index contributed by atoms with van der Waals surface area (Å²) in [7, 11) is 1.65. The Morgan fingerprint density at radius 3 is 2.36 bits per heavy atom. The number of nitrogens with zero attached hydrogens (tertiary/aromatic N) is 6. The lowest BCUT2D eigenvalue weighted by atomic mass is 10.2. The molecule has 0 N–H and O–H groups in total. The molecule has 0 bridgehead atoms. The minimum absolute atomic E-state index is 0.0738. The van der Waals surface area contributed by atoms with Crippen molar-refractivity contribution in [1.29, 1.82) is 0 Å². The summed E-state index contributed by atoms with van der Waals surface area (Å²) in [5.41, 5.74) is 2.42. The molecule has 0 saturated carbocycles. The lowest BCUT2D eigenvalue weighted by Crippen LogP contribution is -2.49. The van der Waals surface area contributed by atoms with Crippen molar-refractivity contribution in [1.82, 2.24) is 24.6 Å². The third-order valence-electron chi connectivity index (χ3n) is 5.98. The topological polar surface area (TPSA) is 76.4 Å². The molecule has 1 aliphatic heterocycles. The molecule has 1 saturated heterocycles. The van der Waals surface area contributed by atoms with Crippen LogP contribution in [-0.4, -0.2) is 63.8 Å². The van der Waals surface area contributed by atoms with E-state index in [0.717, 1.165) is 46.1 Å². The number of aryl methyl sites for hydroxylation is 1. The van der Waals surface area contributed by atoms with Crippen LogP contribution >= 0.6 is 0 Å². The Bertz CT molecular complexity index is 1260. The lowest BCUT2D eigenvalue weighted by Gasteiger charge is -2.35. The quantitative estimate of drug-likeness (QED) is 0.472. The molecule has 2 aromatic carbocycles. The predicted octanol–water partition coefficient (Wildman–Crippen LogP) is 3.35. The molecule has 33 heavy (non-hydrogen) atoms. The second-order valence-corrected chi connectivity index (χ2v) is 7.95. The lowest BCUT2D eigenvalue weighted by molar-refractivity contribution is 0.0746. The first kappa shape index (κ1) is 20.9. The fourth-order valence-corrected chi connectivity index (χ4v) is 4.13. The van der Waals surface area contributed by atoms with E-state index in [2.05, 4.69) is 16.9 Å². The Balaban J connectivity index is 1.42. The first-order chi connectivity index (χ1) is 16.2. The number of aromatic nitrogens is 4. The van der Waals surface area contributed by atoms with Gasteiger partial charge in [-0.25, -0.2) is 14.6 Å². The van der Waals surface area contributed by atoms with Gasteiger partial charge in [-0.05, 0) is 36.4 Å². The van der Waals surface area contributed by atoms with Crippen LogP contribution in [0.4, 0.5) is 5.82 Å². The van der Waals surface area contributed by atoms with Crippen LogP contribution in [0.5, 0.6) is 5.75 Å². The van der Waals surface area contributed by atoms with Gasteiger partial charge in [-0.15, -0.1) is 0 Å². The Labute approximate surface area is 192 Å². The van der Waals surface area contributed by atoms with Crippen LogP contribution in [-0.2, 0) is 6.42 Å². The SMILES string of the molecule is CCc1nc(N2CCN(C(=O)c3ccccc3)CC2)c2cnn(-c3ccc(OC)cc3)c2n1. The maximum atomic E-state index is 12.8. The summed E-state index contributed by atoms with van der Waals surface area (Å²) in [5.74, 6) is 2.52. The van der Waals surface area contributed by atoms with Gasteiger partial charge in [0.15, 0.2) is 5.65 Å². The van der Waals surface area contributed by atoms with Gasteiger partial charge in [-0.1, -0.05) is 25.1 Å². The fourth-order valence-electron chi connectivity index (χ4n) is 4.13. The molecule has 4 aromatic rings. The number of carbonyl (C=O) groups excluding carboxylic acids is 1. The van der Waals surface area contributed by atoms with Crippen LogP contribution in [0, 0.1) is 0 Å². The van der Waals surface area contributed by atoms with Crippen molar-refractivity contribution in [2.45, 2.75) is 13.3 Å². The van der Waals surface area contributed by atoms with Gasteiger partial charge < -0.3 is 14.5 Å². The van der Waals surface area contributed by atoms with Gasteiger partial charge in [0.1, 0.15) is 17.4 Å². The van der Waals surface area contributed by atoms with Gasteiger partial charge in [-0.3, -0.25) is 4.79 Å². The summed E-state index contributed by atoms with van der Waals surface area (Å²) >= 11 is 0. The molecule has 0 aliphatic carbocycles. The van der Waals surface area contributed by atoms with Gasteiger partial charge in [0.2, 0.25) is 0 Å². The Morgan fingerprint density at radius 1 is 0.970 bits per heavy atom. The maximum absolute atomic E-state index is 12.8. The van der Waals surface area contributed by atoms with Crippen molar-refractivity contribution in [3.8, 4) is 11.4 Å². The van der Waals surface area contributed by atoms with Crippen LogP contribution < -0.4 is 9.64 Å². The van der Waals surface area contributed by atoms with E-state index >= 15 is 0 Å². The summed E-state index contributed by atoms with van der Waals surface area (Å²) in [6, 6.07) is 17.2. The normalized spacial score (nSPS) is 14.0. The van der Waals surface area contributed by atoms with E-state index in [1.54, 1.807) is 7.11 Å². The predicted molar refractivity (Wildman–Crippen MR) is 127 cm³/mol. The van der Waals surface area contributed by atoms with Gasteiger partial charge in [0.25, 0.3) is 5.91 Å². The Kier molecular flexibility index (Phi) is 5.64. The minimum atomic E-state index is 0.0738. The number of amides is 1. The molecule has 168 valence electrons. The van der Waals surface area contributed by atoms with E-state index < -0.39 is 0 Å². The van der Waals surface area contributed by atoms with Crippen LogP contribution in [0.3, 0.4) is 0 Å². The molecular weight excluding hydrogens is 416 g/mol. The van der Waals surface area contributed by atoms with Crippen molar-refractivity contribution in [3.05, 3.63) is 72.2 Å². The van der Waals surface area contributed by atoms with Gasteiger partial charge in [0, 0.05) is 38.2 Å². The zero-order chi connectivity index (χ0) is 22.8. The molecule has 8 nitrogen and oxygen atoms in total. The number of piperazine rings is 1. The summed E-state index contributed by atoms with van der Waals surface area (Å²) < 4.78 is 7.11. The average Bonchev–Trinajstić information content (AvgIpc) is 3.32. The first-order valence-electron chi connectivity index (χ1n) is 11.2. The summed E-state index contributed by atoms with van der Waals surface area (Å²) in [4.78, 5) is 26.6. The standard InChI is InChI=1S/C25H26N6O2/c1-3-22-27-23(29-13-15-30(16-14-29)25(32)18-7-5-4-6-8-18)21-17-26-31(24(21)28-22)19-9-11-20(33-2)12-10-19/h4-12,17H,3,13-16H2,1-2H3. The highest BCUT2D eigenvalue weighted by Gasteiger charge is 2.25. The van der Waals surface area contributed by atoms with E-state index in [4.69, 9.17) is 14.7 Å². The molecule has 1 fully saturated rings. The monoisotopic (exact) mass is 442 g/mol. The summed E-state index contributed by atoms with van der Waals surface area (Å²) in [5, 5.41) is 5.53. The number of ether oxygens (including phenoxy) is 1. The molecule has 8 heteroatoms. The smallest absolute Gasteiger partial charge is 0.253 e. The van der Waals surface area contributed by atoms with E-state index in [9.17, 15) is 4.79 Å². The van der Waals surface area contributed by atoms with E-state index in [-0.39, 0.29) is 5.91 Å². The van der Waals surface area contributed by atoms with Crippen molar-refractivity contribution in [3.63, 3.8) is 0 Å². The first-order valence-corrected chi connectivity index (χ1v) is 11.2. The molecule has 1 aliphatic rings. The van der Waals surface area contributed by atoms with Crippen LogP contribution in [0.1, 0.15) is 23.1 Å². The number of carbonyl (C=O) groups is 1. The zero-order valence-electron chi connectivity index (χ0n) is 18.8. The highest BCUT2D eigenvalue weighted by molar-refractivity contribution is 5.94. The Morgan fingerprint density at radius 2 is 1.70 bits per heavy atom. The summed E-state index contributed by atoms with van der Waals surface area (Å²) in [6.45, 7) is 4.76. The molecular formula is C25H26N6O2. The van der Waals surface area contributed by atoms with E-state index in [1.807, 2.05) is 70.4 Å². The molecule has 0 spiro atoms. The fraction of sp³-hybridized carbons (Fsp3) is 0.280. The molecule has 0 radical (unpaired) electrons. The molecule has 0 atom stereocenters. The highest BCUT2D eigenvalue weighted by atomic mass is 16.5. The number of hydrogen-bond acceptors (Lipinski definition) is 6. The van der Waals surface area contributed by atoms with E-state index in [0.29, 0.717) is 26.2 Å². The second kappa shape index (κ2) is 8.90. The van der Waals surface area contributed by atoms with Crippen molar-refractivity contribution >= 4 is 22.8 Å². The minimum Gasteiger partial charge on any atom is -0.497 e. The number of methoxy groups -OCH3 is 1.